The molecule has 2 N–H and O–H groups in total. The van der Waals surface area contributed by atoms with E-state index < -0.39 is 10.2 Å². The summed E-state index contributed by atoms with van der Waals surface area (Å²) >= 11 is 0. The van der Waals surface area contributed by atoms with Gasteiger partial charge in [-0.3, -0.25) is 0 Å². The van der Waals surface area contributed by atoms with Gasteiger partial charge in [-0.2, -0.15) is 17.4 Å². The van der Waals surface area contributed by atoms with E-state index in [2.05, 4.69) is 22.1 Å². The molecule has 1 aromatic rings. The van der Waals surface area contributed by atoms with Crippen LogP contribution in [0.4, 0.5) is 0 Å². The van der Waals surface area contributed by atoms with Crippen molar-refractivity contribution >= 4 is 10.2 Å². The first-order valence-electron chi connectivity index (χ1n) is 7.50. The second-order valence-electron chi connectivity index (χ2n) is 5.27. The zero-order valence-corrected chi connectivity index (χ0v) is 13.2. The molecule has 1 aliphatic rings. The highest BCUT2D eigenvalue weighted by molar-refractivity contribution is 7.87. The minimum absolute atomic E-state index is 0.0255. The van der Waals surface area contributed by atoms with Gasteiger partial charge in [0.05, 0.1) is 12.7 Å². The summed E-state index contributed by atoms with van der Waals surface area (Å²) in [6.07, 6.45) is 5.44. The van der Waals surface area contributed by atoms with E-state index in [1.807, 2.05) is 0 Å². The average molecular weight is 316 g/mol. The molecule has 0 aromatic carbocycles. The lowest BCUT2D eigenvalue weighted by Gasteiger charge is -2.34. The van der Waals surface area contributed by atoms with Crippen LogP contribution in [0.2, 0.25) is 0 Å². The Kier molecular flexibility index (Phi) is 6.16. The lowest BCUT2D eigenvalue weighted by atomic mass is 10.1. The predicted octanol–water partition coefficient (Wildman–Crippen LogP) is 0.863. The maximum atomic E-state index is 12.4. The highest BCUT2D eigenvalue weighted by atomic mass is 32.2. The molecule has 21 heavy (non-hydrogen) atoms. The monoisotopic (exact) mass is 316 g/mol. The Balaban J connectivity index is 1.94. The van der Waals surface area contributed by atoms with Gasteiger partial charge in [-0.05, 0) is 25.8 Å². The summed E-state index contributed by atoms with van der Waals surface area (Å²) in [6.45, 7) is 4.42. The van der Waals surface area contributed by atoms with Crippen molar-refractivity contribution < 1.29 is 12.9 Å². The zero-order chi connectivity index (χ0) is 15.1. The predicted molar refractivity (Wildman–Crippen MR) is 79.8 cm³/mol. The van der Waals surface area contributed by atoms with Crippen molar-refractivity contribution in [2.45, 2.75) is 45.2 Å². The van der Waals surface area contributed by atoms with Gasteiger partial charge in [0.2, 0.25) is 0 Å². The molecule has 8 heteroatoms. The average Bonchev–Trinajstić information content (AvgIpc) is 2.99. The Bertz CT molecular complexity index is 503. The van der Waals surface area contributed by atoms with Crippen LogP contribution in [0.15, 0.2) is 16.8 Å². The molecule has 7 nitrogen and oxygen atoms in total. The van der Waals surface area contributed by atoms with Crippen LogP contribution < -0.4 is 10.0 Å². The Morgan fingerprint density at radius 1 is 1.48 bits per heavy atom. The molecule has 1 atom stereocenters. The van der Waals surface area contributed by atoms with Crippen molar-refractivity contribution in [3.63, 3.8) is 0 Å². The van der Waals surface area contributed by atoms with Gasteiger partial charge in [-0.25, -0.2) is 0 Å². The van der Waals surface area contributed by atoms with E-state index in [1.165, 1.54) is 6.20 Å². The van der Waals surface area contributed by atoms with Crippen LogP contribution in [0.5, 0.6) is 0 Å². The summed E-state index contributed by atoms with van der Waals surface area (Å²) in [5.74, 6) is 0.510. The van der Waals surface area contributed by atoms with Crippen LogP contribution in [-0.2, 0) is 16.8 Å². The van der Waals surface area contributed by atoms with E-state index in [0.717, 1.165) is 32.2 Å². The van der Waals surface area contributed by atoms with E-state index in [-0.39, 0.29) is 12.6 Å². The van der Waals surface area contributed by atoms with Crippen LogP contribution in [-0.4, -0.2) is 43.6 Å². The third-order valence-corrected chi connectivity index (χ3v) is 5.22. The lowest BCUT2D eigenvalue weighted by Crippen LogP contribution is -2.52. The SMILES string of the molecule is CCCNCC1CCCCN1S(=O)(=O)NCc1ccno1. The number of hydrogen-bond acceptors (Lipinski definition) is 5. The fourth-order valence-corrected chi connectivity index (χ4v) is 3.95. The van der Waals surface area contributed by atoms with Gasteiger partial charge in [0, 0.05) is 25.2 Å². The third-order valence-electron chi connectivity index (χ3n) is 3.61. The largest absolute Gasteiger partial charge is 0.360 e. The molecule has 0 saturated carbocycles. The van der Waals surface area contributed by atoms with Gasteiger partial charge in [-0.15, -0.1) is 0 Å². The van der Waals surface area contributed by atoms with Crippen LogP contribution in [0, 0.1) is 0 Å². The van der Waals surface area contributed by atoms with Crippen LogP contribution in [0.1, 0.15) is 38.4 Å². The maximum Gasteiger partial charge on any atom is 0.280 e. The van der Waals surface area contributed by atoms with Crippen LogP contribution in [0.25, 0.3) is 0 Å². The van der Waals surface area contributed by atoms with Gasteiger partial charge >= 0.3 is 0 Å². The highest BCUT2D eigenvalue weighted by Crippen LogP contribution is 2.19. The van der Waals surface area contributed by atoms with E-state index in [9.17, 15) is 8.42 Å². The molecule has 0 aliphatic carbocycles. The molecule has 0 amide bonds. The van der Waals surface area contributed by atoms with Crippen molar-refractivity contribution in [1.82, 2.24) is 19.5 Å². The van der Waals surface area contributed by atoms with Crippen LogP contribution in [0.3, 0.4) is 0 Å². The normalized spacial score (nSPS) is 20.7. The van der Waals surface area contributed by atoms with Gasteiger partial charge in [-0.1, -0.05) is 18.5 Å². The quantitative estimate of drug-likeness (QED) is 0.695. The zero-order valence-electron chi connectivity index (χ0n) is 12.4. The molecule has 1 aromatic heterocycles. The lowest BCUT2D eigenvalue weighted by molar-refractivity contribution is 0.242. The molecule has 1 aliphatic heterocycles. The fraction of sp³-hybridized carbons (Fsp3) is 0.769. The summed E-state index contributed by atoms with van der Waals surface area (Å²) < 4.78 is 34.0. The molecule has 2 heterocycles. The minimum Gasteiger partial charge on any atom is -0.360 e. The standard InChI is InChI=1S/C13H24N4O3S/c1-2-7-14-10-12-5-3-4-9-17(12)21(18,19)16-11-13-6-8-15-20-13/h6,8,12,14,16H,2-5,7,9-11H2,1H3. The number of piperidine rings is 1. The van der Waals surface area contributed by atoms with Crippen molar-refractivity contribution in [3.05, 3.63) is 18.0 Å². The minimum atomic E-state index is -3.49. The summed E-state index contributed by atoms with van der Waals surface area (Å²) in [4.78, 5) is 0. The number of nitrogens with zero attached hydrogens (tertiary/aromatic N) is 2. The second kappa shape index (κ2) is 7.88. The molecular weight excluding hydrogens is 292 g/mol. The second-order valence-corrected chi connectivity index (χ2v) is 6.98. The molecule has 2 rings (SSSR count). The summed E-state index contributed by atoms with van der Waals surface area (Å²) in [5.41, 5.74) is 0. The molecule has 120 valence electrons. The third kappa shape index (κ3) is 4.77. The molecule has 1 saturated heterocycles. The van der Waals surface area contributed by atoms with Crippen molar-refractivity contribution in [2.24, 2.45) is 0 Å². The summed E-state index contributed by atoms with van der Waals surface area (Å²) in [5, 5.41) is 6.88. The number of nitrogens with one attached hydrogen (secondary N) is 2. The Morgan fingerprint density at radius 3 is 3.05 bits per heavy atom. The first-order valence-corrected chi connectivity index (χ1v) is 8.94. The van der Waals surface area contributed by atoms with E-state index in [4.69, 9.17) is 4.52 Å². The van der Waals surface area contributed by atoms with Crippen molar-refractivity contribution in [1.29, 1.82) is 0 Å². The Labute approximate surface area is 126 Å². The summed E-state index contributed by atoms with van der Waals surface area (Å²) in [6, 6.07) is 1.68. The number of rotatable bonds is 8. The van der Waals surface area contributed by atoms with Gasteiger partial charge in [0.15, 0.2) is 5.76 Å². The molecule has 1 fully saturated rings. The highest BCUT2D eigenvalue weighted by Gasteiger charge is 2.31. The van der Waals surface area contributed by atoms with Gasteiger partial charge < -0.3 is 9.84 Å². The molecular formula is C13H24N4O3S. The molecule has 0 radical (unpaired) electrons. The molecule has 0 spiro atoms. The van der Waals surface area contributed by atoms with Crippen molar-refractivity contribution in [2.75, 3.05) is 19.6 Å². The Morgan fingerprint density at radius 2 is 2.33 bits per heavy atom. The van der Waals surface area contributed by atoms with Crippen molar-refractivity contribution in [3.8, 4) is 0 Å². The van der Waals surface area contributed by atoms with E-state index in [1.54, 1.807) is 10.4 Å². The first kappa shape index (κ1) is 16.4. The van der Waals surface area contributed by atoms with Gasteiger partial charge in [0.25, 0.3) is 10.2 Å². The van der Waals surface area contributed by atoms with Gasteiger partial charge in [0.1, 0.15) is 0 Å². The fourth-order valence-electron chi connectivity index (χ4n) is 2.52. The maximum absolute atomic E-state index is 12.4. The smallest absolute Gasteiger partial charge is 0.280 e. The van der Waals surface area contributed by atoms with E-state index >= 15 is 0 Å². The number of aromatic nitrogens is 1. The topological polar surface area (TPSA) is 87.5 Å². The molecule has 1 unspecified atom stereocenters. The summed E-state index contributed by atoms with van der Waals surface area (Å²) in [7, 11) is -3.49. The molecule has 0 bridgehead atoms. The van der Waals surface area contributed by atoms with Crippen LogP contribution >= 0.6 is 0 Å². The Hall–Kier alpha value is -0.960. The van der Waals surface area contributed by atoms with E-state index in [0.29, 0.717) is 18.8 Å². The first-order chi connectivity index (χ1) is 10.1. The number of hydrogen-bond donors (Lipinski definition) is 2.